The molecule has 0 aliphatic heterocycles. The number of hydrogen-bond donors (Lipinski definition) is 0. The average Bonchev–Trinajstić information content (AvgIpc) is 3.47. The van der Waals surface area contributed by atoms with Crippen molar-refractivity contribution in [2.45, 2.75) is 20.3 Å². The van der Waals surface area contributed by atoms with Gasteiger partial charge in [-0.25, -0.2) is 0 Å². The van der Waals surface area contributed by atoms with Crippen molar-refractivity contribution in [2.24, 2.45) is 0 Å². The smallest absolute Gasteiger partial charge is 0.137 e. The lowest BCUT2D eigenvalue weighted by Gasteiger charge is -2.28. The number of fused-ring (bicyclic) bond motifs is 3. The van der Waals surface area contributed by atoms with Crippen LogP contribution in [-0.2, 0) is 0 Å². The highest BCUT2D eigenvalue weighted by atomic mass is 16.3. The third kappa shape index (κ3) is 5.59. The maximum Gasteiger partial charge on any atom is 0.137 e. The summed E-state index contributed by atoms with van der Waals surface area (Å²) in [5.41, 5.74) is 12.1. The summed E-state index contributed by atoms with van der Waals surface area (Å²) >= 11 is 0. The molecular formula is C43H35NO. The van der Waals surface area contributed by atoms with Gasteiger partial charge in [0.25, 0.3) is 0 Å². The van der Waals surface area contributed by atoms with Gasteiger partial charge >= 0.3 is 0 Å². The van der Waals surface area contributed by atoms with Gasteiger partial charge in [-0.15, -0.1) is 0 Å². The highest BCUT2D eigenvalue weighted by Crippen LogP contribution is 2.45. The molecule has 2 heteroatoms. The monoisotopic (exact) mass is 581 g/mol. The second-order valence-corrected chi connectivity index (χ2v) is 11.2. The summed E-state index contributed by atoms with van der Waals surface area (Å²) < 4.78 is 6.44. The Morgan fingerprint density at radius 3 is 1.93 bits per heavy atom. The molecule has 0 bridgehead atoms. The first-order chi connectivity index (χ1) is 22.2. The molecule has 2 nitrogen and oxygen atoms in total. The van der Waals surface area contributed by atoms with Crippen LogP contribution >= 0.6 is 0 Å². The lowest BCUT2D eigenvalue weighted by molar-refractivity contribution is 0.669. The minimum Gasteiger partial charge on any atom is -0.456 e. The molecule has 0 aliphatic rings. The van der Waals surface area contributed by atoms with Crippen LogP contribution in [0.15, 0.2) is 168 Å². The van der Waals surface area contributed by atoms with E-state index in [1.165, 1.54) is 22.3 Å². The van der Waals surface area contributed by atoms with Crippen molar-refractivity contribution in [3.8, 4) is 22.3 Å². The van der Waals surface area contributed by atoms with Crippen molar-refractivity contribution in [1.82, 2.24) is 0 Å². The van der Waals surface area contributed by atoms with Gasteiger partial charge in [-0.2, -0.15) is 0 Å². The number of para-hydroxylation sites is 2. The standard InChI is InChI=1S/C43H35NO/c1-3-5-14-31(4-2)33-21-23-35(24-22-33)39-29-40-38-19-12-13-20-42(38)45-43(40)30-41(39)44(36-17-10-7-11-18-36)37-27-25-34(26-28-37)32-15-8-6-9-16-32/h4-30H,3H2,1-2H3/b14-5-,31-4+. The number of furan rings is 1. The van der Waals surface area contributed by atoms with Crippen molar-refractivity contribution in [3.63, 3.8) is 0 Å². The van der Waals surface area contributed by atoms with Crippen molar-refractivity contribution in [1.29, 1.82) is 0 Å². The van der Waals surface area contributed by atoms with Crippen LogP contribution in [-0.4, -0.2) is 0 Å². The molecule has 0 atom stereocenters. The Kier molecular flexibility index (Phi) is 7.87. The third-order valence-electron chi connectivity index (χ3n) is 8.36. The minimum absolute atomic E-state index is 0.870. The van der Waals surface area contributed by atoms with Crippen LogP contribution in [0, 0.1) is 0 Å². The van der Waals surface area contributed by atoms with E-state index >= 15 is 0 Å². The van der Waals surface area contributed by atoms with Crippen LogP contribution in [0.4, 0.5) is 17.1 Å². The van der Waals surface area contributed by atoms with Crippen LogP contribution < -0.4 is 4.90 Å². The summed E-state index contributed by atoms with van der Waals surface area (Å²) in [7, 11) is 0. The molecule has 218 valence electrons. The SMILES string of the molecule is C/C=C(\C=C/CC)c1ccc(-c2cc3c(cc2N(c2ccccc2)c2ccc(-c4ccccc4)cc2)oc2ccccc23)cc1. The first-order valence-electron chi connectivity index (χ1n) is 15.6. The summed E-state index contributed by atoms with van der Waals surface area (Å²) in [6.45, 7) is 4.26. The Morgan fingerprint density at radius 2 is 1.22 bits per heavy atom. The van der Waals surface area contributed by atoms with E-state index < -0.39 is 0 Å². The topological polar surface area (TPSA) is 16.4 Å². The molecule has 0 saturated carbocycles. The largest absolute Gasteiger partial charge is 0.456 e. The predicted molar refractivity (Wildman–Crippen MR) is 192 cm³/mol. The molecule has 0 radical (unpaired) electrons. The molecule has 0 N–H and O–H groups in total. The first kappa shape index (κ1) is 28.2. The maximum absolute atomic E-state index is 6.44. The van der Waals surface area contributed by atoms with Gasteiger partial charge in [0.05, 0.1) is 5.69 Å². The molecule has 0 aliphatic carbocycles. The Labute approximate surface area is 265 Å². The van der Waals surface area contributed by atoms with E-state index in [9.17, 15) is 0 Å². The average molecular weight is 582 g/mol. The Balaban J connectivity index is 1.43. The summed E-state index contributed by atoms with van der Waals surface area (Å²) in [4.78, 5) is 2.34. The second-order valence-electron chi connectivity index (χ2n) is 11.2. The summed E-state index contributed by atoms with van der Waals surface area (Å²) in [6, 6.07) is 51.7. The molecule has 0 amide bonds. The van der Waals surface area contributed by atoms with Gasteiger partial charge in [0.1, 0.15) is 11.2 Å². The van der Waals surface area contributed by atoms with Gasteiger partial charge in [-0.05, 0) is 77.6 Å². The summed E-state index contributed by atoms with van der Waals surface area (Å²) in [5.74, 6) is 0. The van der Waals surface area contributed by atoms with E-state index in [0.29, 0.717) is 0 Å². The zero-order chi connectivity index (χ0) is 30.6. The van der Waals surface area contributed by atoms with Crippen molar-refractivity contribution in [2.75, 3.05) is 4.90 Å². The van der Waals surface area contributed by atoms with Gasteiger partial charge in [0, 0.05) is 33.8 Å². The summed E-state index contributed by atoms with van der Waals surface area (Å²) in [6.07, 6.45) is 7.60. The third-order valence-corrected chi connectivity index (χ3v) is 8.36. The molecule has 7 rings (SSSR count). The fourth-order valence-electron chi connectivity index (χ4n) is 6.06. The number of rotatable bonds is 8. The fourth-order valence-corrected chi connectivity index (χ4v) is 6.06. The number of hydrogen-bond acceptors (Lipinski definition) is 2. The van der Waals surface area contributed by atoms with Crippen LogP contribution in [0.1, 0.15) is 25.8 Å². The van der Waals surface area contributed by atoms with Gasteiger partial charge < -0.3 is 9.32 Å². The predicted octanol–water partition coefficient (Wildman–Crippen LogP) is 12.8. The molecule has 0 saturated heterocycles. The van der Waals surface area contributed by atoms with E-state index in [4.69, 9.17) is 4.42 Å². The molecule has 7 aromatic rings. The van der Waals surface area contributed by atoms with Gasteiger partial charge in [0.15, 0.2) is 0 Å². The molecule has 6 aromatic carbocycles. The van der Waals surface area contributed by atoms with Crippen molar-refractivity contribution >= 4 is 44.6 Å². The molecule has 1 aromatic heterocycles. The molecule has 0 spiro atoms. The number of nitrogens with zero attached hydrogens (tertiary/aromatic N) is 1. The Bertz CT molecular complexity index is 2120. The quantitative estimate of drug-likeness (QED) is 0.166. The van der Waals surface area contributed by atoms with Gasteiger partial charge in [-0.3, -0.25) is 0 Å². The van der Waals surface area contributed by atoms with E-state index in [1.54, 1.807) is 0 Å². The maximum atomic E-state index is 6.44. The first-order valence-corrected chi connectivity index (χ1v) is 15.6. The Hall–Kier alpha value is -5.60. The van der Waals surface area contributed by atoms with Gasteiger partial charge in [-0.1, -0.05) is 128 Å². The normalized spacial score (nSPS) is 11.9. The number of benzene rings is 6. The second kappa shape index (κ2) is 12.6. The van der Waals surface area contributed by atoms with Crippen LogP contribution in [0.3, 0.4) is 0 Å². The Morgan fingerprint density at radius 1 is 0.600 bits per heavy atom. The van der Waals surface area contributed by atoms with Crippen molar-refractivity contribution in [3.05, 3.63) is 169 Å². The van der Waals surface area contributed by atoms with Crippen molar-refractivity contribution < 1.29 is 4.42 Å². The van der Waals surface area contributed by atoms with E-state index in [0.717, 1.165) is 56.5 Å². The molecule has 0 unspecified atom stereocenters. The molecule has 45 heavy (non-hydrogen) atoms. The molecule has 0 fully saturated rings. The van der Waals surface area contributed by atoms with Gasteiger partial charge in [0.2, 0.25) is 0 Å². The highest BCUT2D eigenvalue weighted by Gasteiger charge is 2.21. The fraction of sp³-hybridized carbons (Fsp3) is 0.0698. The summed E-state index contributed by atoms with van der Waals surface area (Å²) in [5, 5.41) is 2.23. The van der Waals surface area contributed by atoms with Crippen LogP contribution in [0.2, 0.25) is 0 Å². The lowest BCUT2D eigenvalue weighted by Crippen LogP contribution is -2.11. The van der Waals surface area contributed by atoms with E-state index in [2.05, 4.69) is 170 Å². The molecular weight excluding hydrogens is 546 g/mol. The van der Waals surface area contributed by atoms with Crippen LogP contribution in [0.25, 0.3) is 49.8 Å². The lowest BCUT2D eigenvalue weighted by atomic mass is 9.96. The van der Waals surface area contributed by atoms with Crippen LogP contribution in [0.5, 0.6) is 0 Å². The minimum atomic E-state index is 0.870. The zero-order valence-electron chi connectivity index (χ0n) is 25.7. The van der Waals surface area contributed by atoms with E-state index in [1.807, 2.05) is 12.1 Å². The zero-order valence-corrected chi connectivity index (χ0v) is 25.7. The number of anilines is 3. The molecule has 1 heterocycles. The highest BCUT2D eigenvalue weighted by molar-refractivity contribution is 6.09. The van der Waals surface area contributed by atoms with E-state index in [-0.39, 0.29) is 0 Å². The number of allylic oxidation sites excluding steroid dienone is 4.